The van der Waals surface area contributed by atoms with Crippen LogP contribution in [-0.4, -0.2) is 74.6 Å². The molecule has 1 amide bonds. The molecule has 2 aromatic rings. The summed E-state index contributed by atoms with van der Waals surface area (Å²) >= 11 is 0. The highest BCUT2D eigenvalue weighted by Gasteiger charge is 2.23. The van der Waals surface area contributed by atoms with Gasteiger partial charge in [-0.25, -0.2) is 0 Å². The Labute approximate surface area is 174 Å². The van der Waals surface area contributed by atoms with E-state index in [9.17, 15) is 4.79 Å². The zero-order valence-corrected chi connectivity index (χ0v) is 17.5. The number of benzene rings is 2. The van der Waals surface area contributed by atoms with Crippen molar-refractivity contribution in [1.82, 2.24) is 9.80 Å². The van der Waals surface area contributed by atoms with E-state index in [4.69, 9.17) is 0 Å². The number of carbonyl (C=O) groups is 1. The summed E-state index contributed by atoms with van der Waals surface area (Å²) in [6.07, 6.45) is 0.635. The van der Waals surface area contributed by atoms with Gasteiger partial charge in [-0.15, -0.1) is 0 Å². The van der Waals surface area contributed by atoms with Crippen LogP contribution in [-0.2, 0) is 4.79 Å². The van der Waals surface area contributed by atoms with Crippen LogP contribution in [0.2, 0.25) is 0 Å². The highest BCUT2D eigenvalue weighted by Crippen LogP contribution is 2.19. The molecule has 4 rings (SSSR count). The lowest BCUT2D eigenvalue weighted by Crippen LogP contribution is -2.50. The summed E-state index contributed by atoms with van der Waals surface area (Å²) in [5, 5.41) is 0. The summed E-state index contributed by atoms with van der Waals surface area (Å²) in [5.41, 5.74) is 3.86. The van der Waals surface area contributed by atoms with Crippen LogP contribution in [0.25, 0.3) is 0 Å². The lowest BCUT2D eigenvalue weighted by molar-refractivity contribution is -0.131. The van der Waals surface area contributed by atoms with Crippen LogP contribution in [0.4, 0.5) is 11.4 Å². The number of piperazine rings is 2. The first kappa shape index (κ1) is 19.8. The molecular formula is C24H32N4O. The quantitative estimate of drug-likeness (QED) is 0.783. The molecule has 0 aliphatic carbocycles. The third-order valence-corrected chi connectivity index (χ3v) is 6.13. The van der Waals surface area contributed by atoms with Gasteiger partial charge in [0.25, 0.3) is 0 Å². The molecule has 0 radical (unpaired) electrons. The Kier molecular flexibility index (Phi) is 6.35. The number of amides is 1. The number of hydrogen-bond donors (Lipinski definition) is 0. The van der Waals surface area contributed by atoms with Gasteiger partial charge in [-0.1, -0.05) is 30.3 Å². The molecule has 0 aromatic heterocycles. The maximum Gasteiger partial charge on any atom is 0.223 e. The van der Waals surface area contributed by atoms with Gasteiger partial charge in [-0.3, -0.25) is 9.69 Å². The molecule has 2 aromatic carbocycles. The van der Waals surface area contributed by atoms with Crippen LogP contribution in [0.15, 0.2) is 54.6 Å². The van der Waals surface area contributed by atoms with Crippen molar-refractivity contribution in [2.24, 2.45) is 0 Å². The lowest BCUT2D eigenvalue weighted by atomic mass is 10.2. The van der Waals surface area contributed by atoms with Crippen molar-refractivity contribution in [3.8, 4) is 0 Å². The largest absolute Gasteiger partial charge is 0.369 e. The average molecular weight is 393 g/mol. The predicted octanol–water partition coefficient (Wildman–Crippen LogP) is 2.86. The van der Waals surface area contributed by atoms with Gasteiger partial charge in [0.1, 0.15) is 0 Å². The topological polar surface area (TPSA) is 30.0 Å². The monoisotopic (exact) mass is 392 g/mol. The van der Waals surface area contributed by atoms with Crippen molar-refractivity contribution in [2.75, 3.05) is 68.7 Å². The van der Waals surface area contributed by atoms with Crippen molar-refractivity contribution in [2.45, 2.75) is 13.3 Å². The van der Waals surface area contributed by atoms with Gasteiger partial charge < -0.3 is 14.7 Å². The van der Waals surface area contributed by atoms with E-state index in [-0.39, 0.29) is 0 Å². The number of para-hydroxylation sites is 1. The second kappa shape index (κ2) is 9.31. The van der Waals surface area contributed by atoms with Gasteiger partial charge in [-0.05, 0) is 36.8 Å². The van der Waals surface area contributed by atoms with Crippen LogP contribution in [0.3, 0.4) is 0 Å². The first-order valence-electron chi connectivity index (χ1n) is 10.8. The number of hydrogen-bond acceptors (Lipinski definition) is 4. The minimum Gasteiger partial charge on any atom is -0.369 e. The summed E-state index contributed by atoms with van der Waals surface area (Å²) < 4.78 is 0. The maximum atomic E-state index is 12.7. The van der Waals surface area contributed by atoms with Crippen LogP contribution in [0.1, 0.15) is 12.0 Å². The molecule has 5 nitrogen and oxygen atoms in total. The summed E-state index contributed by atoms with van der Waals surface area (Å²) in [6.45, 7) is 10.6. The van der Waals surface area contributed by atoms with E-state index in [2.05, 4.69) is 76.2 Å². The first-order chi connectivity index (χ1) is 14.2. The molecule has 2 heterocycles. The van der Waals surface area contributed by atoms with Gasteiger partial charge in [0.05, 0.1) is 0 Å². The molecular weight excluding hydrogens is 360 g/mol. The Morgan fingerprint density at radius 2 is 1.38 bits per heavy atom. The highest BCUT2D eigenvalue weighted by atomic mass is 16.2. The second-order valence-electron chi connectivity index (χ2n) is 8.12. The number of anilines is 2. The molecule has 2 fully saturated rings. The molecule has 0 bridgehead atoms. The maximum absolute atomic E-state index is 12.7. The third-order valence-electron chi connectivity index (χ3n) is 6.13. The second-order valence-corrected chi connectivity index (χ2v) is 8.12. The van der Waals surface area contributed by atoms with Crippen molar-refractivity contribution in [1.29, 1.82) is 0 Å². The van der Waals surface area contributed by atoms with Crippen LogP contribution < -0.4 is 9.80 Å². The Balaban J connectivity index is 1.18. The van der Waals surface area contributed by atoms with E-state index >= 15 is 0 Å². The fourth-order valence-corrected chi connectivity index (χ4v) is 4.32. The Hall–Kier alpha value is -2.53. The number of rotatable bonds is 5. The van der Waals surface area contributed by atoms with Gasteiger partial charge in [0, 0.05) is 76.7 Å². The molecule has 0 unspecified atom stereocenters. The standard InChI is InChI=1S/C24H32N4O/c1-21-6-5-9-23(20-21)27-16-18-28(19-17-27)24(29)10-11-25-12-14-26(15-13-25)22-7-3-2-4-8-22/h2-9,20H,10-19H2,1H3. The minimum atomic E-state index is 0.305. The van der Waals surface area contributed by atoms with Gasteiger partial charge in [-0.2, -0.15) is 0 Å². The molecule has 2 saturated heterocycles. The molecule has 2 aliphatic rings. The summed E-state index contributed by atoms with van der Waals surface area (Å²) in [7, 11) is 0. The predicted molar refractivity (Wildman–Crippen MR) is 120 cm³/mol. The fourth-order valence-electron chi connectivity index (χ4n) is 4.32. The lowest BCUT2D eigenvalue weighted by Gasteiger charge is -2.38. The molecule has 29 heavy (non-hydrogen) atoms. The molecule has 0 saturated carbocycles. The van der Waals surface area contributed by atoms with E-state index in [1.807, 2.05) is 4.90 Å². The van der Waals surface area contributed by atoms with E-state index < -0.39 is 0 Å². The van der Waals surface area contributed by atoms with E-state index in [1.54, 1.807) is 0 Å². The molecule has 0 spiro atoms. The van der Waals surface area contributed by atoms with Crippen LogP contribution in [0, 0.1) is 6.92 Å². The zero-order chi connectivity index (χ0) is 20.1. The van der Waals surface area contributed by atoms with E-state index in [0.717, 1.165) is 58.9 Å². The number of nitrogens with zero attached hydrogens (tertiary/aromatic N) is 4. The highest BCUT2D eigenvalue weighted by molar-refractivity contribution is 5.76. The van der Waals surface area contributed by atoms with Crippen molar-refractivity contribution >= 4 is 17.3 Å². The van der Waals surface area contributed by atoms with Crippen molar-refractivity contribution < 1.29 is 4.79 Å². The smallest absolute Gasteiger partial charge is 0.223 e. The summed E-state index contributed by atoms with van der Waals surface area (Å²) in [5.74, 6) is 0.305. The van der Waals surface area contributed by atoms with Crippen LogP contribution in [0.5, 0.6) is 0 Å². The minimum absolute atomic E-state index is 0.305. The normalized spacial score (nSPS) is 18.2. The van der Waals surface area contributed by atoms with E-state index in [0.29, 0.717) is 12.3 Å². The third kappa shape index (κ3) is 5.10. The molecule has 0 N–H and O–H groups in total. The molecule has 0 atom stereocenters. The fraction of sp³-hybridized carbons (Fsp3) is 0.458. The SMILES string of the molecule is Cc1cccc(N2CCN(C(=O)CCN3CCN(c4ccccc4)CC3)CC2)c1. The van der Waals surface area contributed by atoms with Gasteiger partial charge in [0.2, 0.25) is 5.91 Å². The molecule has 2 aliphatic heterocycles. The van der Waals surface area contributed by atoms with Crippen LogP contribution >= 0.6 is 0 Å². The average Bonchev–Trinajstić information content (AvgIpc) is 2.78. The Bertz CT molecular complexity index is 794. The van der Waals surface area contributed by atoms with Gasteiger partial charge in [0.15, 0.2) is 0 Å². The Morgan fingerprint density at radius 3 is 2.07 bits per heavy atom. The molecule has 154 valence electrons. The van der Waals surface area contributed by atoms with Crippen molar-refractivity contribution in [3.63, 3.8) is 0 Å². The Morgan fingerprint density at radius 1 is 0.759 bits per heavy atom. The molecule has 5 heteroatoms. The first-order valence-corrected chi connectivity index (χ1v) is 10.8. The number of aryl methyl sites for hydroxylation is 1. The van der Waals surface area contributed by atoms with Gasteiger partial charge >= 0.3 is 0 Å². The number of carbonyl (C=O) groups excluding carboxylic acids is 1. The van der Waals surface area contributed by atoms with E-state index in [1.165, 1.54) is 16.9 Å². The summed E-state index contributed by atoms with van der Waals surface area (Å²) in [6, 6.07) is 19.2. The van der Waals surface area contributed by atoms with Crippen molar-refractivity contribution in [3.05, 3.63) is 60.2 Å². The summed E-state index contributed by atoms with van der Waals surface area (Å²) in [4.78, 5) is 22.0. The zero-order valence-electron chi connectivity index (χ0n) is 17.5.